The molecule has 104 valence electrons. The molecule has 0 saturated carbocycles. The Labute approximate surface area is 116 Å². The Bertz CT molecular complexity index is 346. The van der Waals surface area contributed by atoms with Gasteiger partial charge < -0.3 is 5.32 Å². The molecule has 0 aliphatic rings. The molecule has 0 aliphatic heterocycles. The molecule has 1 heterocycles. The standard InChI is InChI=1S/C15H28N2S/c1-6-7-8-9-10-15(4,16-5)14-17-13(11-18-14)12(2)3/h11-12,16H,6-10H2,1-5H3. The second kappa shape index (κ2) is 7.25. The number of rotatable bonds is 8. The molecule has 1 N–H and O–H groups in total. The fourth-order valence-corrected chi connectivity index (χ4v) is 3.23. The molecule has 1 rings (SSSR count). The smallest absolute Gasteiger partial charge is 0.113 e. The maximum Gasteiger partial charge on any atom is 0.113 e. The fraction of sp³-hybridized carbons (Fsp3) is 0.800. The van der Waals surface area contributed by atoms with E-state index in [0.717, 1.165) is 0 Å². The lowest BCUT2D eigenvalue weighted by molar-refractivity contribution is 0.350. The highest BCUT2D eigenvalue weighted by Crippen LogP contribution is 2.31. The average molecular weight is 268 g/mol. The molecule has 0 spiro atoms. The predicted molar refractivity (Wildman–Crippen MR) is 81.4 cm³/mol. The Morgan fingerprint density at radius 3 is 2.56 bits per heavy atom. The molecule has 1 unspecified atom stereocenters. The van der Waals surface area contributed by atoms with Crippen molar-refractivity contribution in [3.8, 4) is 0 Å². The van der Waals surface area contributed by atoms with E-state index in [4.69, 9.17) is 4.98 Å². The van der Waals surface area contributed by atoms with Crippen LogP contribution >= 0.6 is 11.3 Å². The van der Waals surface area contributed by atoms with E-state index in [1.807, 2.05) is 0 Å². The molecule has 3 heteroatoms. The summed E-state index contributed by atoms with van der Waals surface area (Å²) in [6.45, 7) is 8.95. The van der Waals surface area contributed by atoms with Crippen molar-refractivity contribution in [1.82, 2.24) is 10.3 Å². The Morgan fingerprint density at radius 1 is 1.33 bits per heavy atom. The third kappa shape index (κ3) is 4.06. The van der Waals surface area contributed by atoms with Crippen molar-refractivity contribution >= 4 is 11.3 Å². The highest BCUT2D eigenvalue weighted by Gasteiger charge is 2.27. The minimum absolute atomic E-state index is 0.0472. The Morgan fingerprint density at radius 2 is 2.06 bits per heavy atom. The van der Waals surface area contributed by atoms with Crippen LogP contribution in [0.1, 0.15) is 76.4 Å². The highest BCUT2D eigenvalue weighted by molar-refractivity contribution is 7.09. The van der Waals surface area contributed by atoms with E-state index in [1.54, 1.807) is 11.3 Å². The Balaban J connectivity index is 2.66. The lowest BCUT2D eigenvalue weighted by Crippen LogP contribution is -2.36. The Hall–Kier alpha value is -0.410. The molecule has 0 amide bonds. The summed E-state index contributed by atoms with van der Waals surface area (Å²) < 4.78 is 0. The number of hydrogen-bond donors (Lipinski definition) is 1. The second-order valence-electron chi connectivity index (χ2n) is 5.62. The molecule has 0 saturated heterocycles. The van der Waals surface area contributed by atoms with Gasteiger partial charge in [-0.05, 0) is 26.3 Å². The predicted octanol–water partition coefficient (Wildman–Crippen LogP) is 4.67. The summed E-state index contributed by atoms with van der Waals surface area (Å²) in [6.07, 6.45) is 6.42. The molecule has 0 radical (unpaired) electrons. The van der Waals surface area contributed by atoms with Gasteiger partial charge in [-0.1, -0.05) is 46.5 Å². The summed E-state index contributed by atoms with van der Waals surface area (Å²) >= 11 is 1.80. The van der Waals surface area contributed by atoms with Gasteiger partial charge in [-0.15, -0.1) is 11.3 Å². The largest absolute Gasteiger partial charge is 0.309 e. The molecule has 0 fully saturated rings. The first-order valence-electron chi connectivity index (χ1n) is 7.18. The lowest BCUT2D eigenvalue weighted by Gasteiger charge is -2.27. The van der Waals surface area contributed by atoms with Gasteiger partial charge in [0.15, 0.2) is 0 Å². The molecule has 1 aromatic heterocycles. The van der Waals surface area contributed by atoms with Gasteiger partial charge in [0.05, 0.1) is 11.2 Å². The number of nitrogens with zero attached hydrogens (tertiary/aromatic N) is 1. The number of aromatic nitrogens is 1. The van der Waals surface area contributed by atoms with Gasteiger partial charge in [0.25, 0.3) is 0 Å². The Kier molecular flexibility index (Phi) is 6.30. The molecule has 1 atom stereocenters. The maximum absolute atomic E-state index is 4.81. The van der Waals surface area contributed by atoms with Crippen molar-refractivity contribution in [3.63, 3.8) is 0 Å². The monoisotopic (exact) mass is 268 g/mol. The molecular weight excluding hydrogens is 240 g/mol. The third-order valence-corrected chi connectivity index (χ3v) is 4.79. The van der Waals surface area contributed by atoms with E-state index in [-0.39, 0.29) is 5.54 Å². The fourth-order valence-electron chi connectivity index (χ4n) is 2.05. The van der Waals surface area contributed by atoms with Crippen molar-refractivity contribution < 1.29 is 0 Å². The van der Waals surface area contributed by atoms with Crippen molar-refractivity contribution in [3.05, 3.63) is 16.1 Å². The zero-order valence-electron chi connectivity index (χ0n) is 12.5. The first-order valence-corrected chi connectivity index (χ1v) is 8.06. The number of nitrogens with one attached hydrogen (secondary N) is 1. The van der Waals surface area contributed by atoms with Crippen LogP contribution in [0.4, 0.5) is 0 Å². The molecule has 18 heavy (non-hydrogen) atoms. The second-order valence-corrected chi connectivity index (χ2v) is 6.48. The van der Waals surface area contributed by atoms with Crippen LogP contribution in [0, 0.1) is 0 Å². The average Bonchev–Trinajstić information content (AvgIpc) is 2.84. The first kappa shape index (κ1) is 15.6. The van der Waals surface area contributed by atoms with E-state index < -0.39 is 0 Å². The summed E-state index contributed by atoms with van der Waals surface area (Å²) in [5, 5.41) is 6.92. The zero-order chi connectivity index (χ0) is 13.6. The zero-order valence-corrected chi connectivity index (χ0v) is 13.4. The van der Waals surface area contributed by atoms with Crippen molar-refractivity contribution in [2.45, 2.75) is 71.3 Å². The van der Waals surface area contributed by atoms with Gasteiger partial charge in [0.1, 0.15) is 5.01 Å². The van der Waals surface area contributed by atoms with Crippen molar-refractivity contribution in [1.29, 1.82) is 0 Å². The van der Waals surface area contributed by atoms with Crippen LogP contribution < -0.4 is 5.32 Å². The van der Waals surface area contributed by atoms with Crippen LogP contribution in [-0.4, -0.2) is 12.0 Å². The minimum Gasteiger partial charge on any atom is -0.309 e. The SMILES string of the molecule is CCCCCCC(C)(NC)c1nc(C(C)C)cs1. The van der Waals surface area contributed by atoms with E-state index in [1.165, 1.54) is 42.8 Å². The molecule has 0 aliphatic carbocycles. The maximum atomic E-state index is 4.81. The van der Waals surface area contributed by atoms with Crippen LogP contribution in [0.2, 0.25) is 0 Å². The summed E-state index contributed by atoms with van der Waals surface area (Å²) in [4.78, 5) is 4.81. The van der Waals surface area contributed by atoms with Crippen LogP contribution in [0.3, 0.4) is 0 Å². The third-order valence-electron chi connectivity index (χ3n) is 3.67. The van der Waals surface area contributed by atoms with Gasteiger partial charge in [0, 0.05) is 5.38 Å². The number of thiazole rings is 1. The van der Waals surface area contributed by atoms with Gasteiger partial charge in [-0.3, -0.25) is 0 Å². The molecular formula is C15H28N2S. The van der Waals surface area contributed by atoms with Gasteiger partial charge in [-0.2, -0.15) is 0 Å². The van der Waals surface area contributed by atoms with Crippen molar-refractivity contribution in [2.75, 3.05) is 7.05 Å². The normalized spacial score (nSPS) is 15.0. The van der Waals surface area contributed by atoms with E-state index in [0.29, 0.717) is 5.92 Å². The minimum atomic E-state index is 0.0472. The van der Waals surface area contributed by atoms with Gasteiger partial charge >= 0.3 is 0 Å². The number of hydrogen-bond acceptors (Lipinski definition) is 3. The molecule has 2 nitrogen and oxygen atoms in total. The van der Waals surface area contributed by atoms with Crippen LogP contribution in [-0.2, 0) is 5.54 Å². The summed E-state index contributed by atoms with van der Waals surface area (Å²) in [5.41, 5.74) is 1.27. The lowest BCUT2D eigenvalue weighted by atomic mass is 9.95. The van der Waals surface area contributed by atoms with E-state index in [2.05, 4.69) is 45.4 Å². The van der Waals surface area contributed by atoms with Crippen LogP contribution in [0.25, 0.3) is 0 Å². The van der Waals surface area contributed by atoms with Gasteiger partial charge in [0.2, 0.25) is 0 Å². The molecule has 1 aromatic rings. The molecule has 0 bridgehead atoms. The van der Waals surface area contributed by atoms with E-state index >= 15 is 0 Å². The topological polar surface area (TPSA) is 24.9 Å². The quantitative estimate of drug-likeness (QED) is 0.693. The van der Waals surface area contributed by atoms with E-state index in [9.17, 15) is 0 Å². The van der Waals surface area contributed by atoms with Crippen LogP contribution in [0.15, 0.2) is 5.38 Å². The van der Waals surface area contributed by atoms with Crippen molar-refractivity contribution in [2.24, 2.45) is 0 Å². The van der Waals surface area contributed by atoms with Crippen LogP contribution in [0.5, 0.6) is 0 Å². The van der Waals surface area contributed by atoms with Gasteiger partial charge in [-0.25, -0.2) is 4.98 Å². The highest BCUT2D eigenvalue weighted by atomic mass is 32.1. The summed E-state index contributed by atoms with van der Waals surface area (Å²) in [7, 11) is 2.05. The molecule has 0 aromatic carbocycles. The summed E-state index contributed by atoms with van der Waals surface area (Å²) in [6, 6.07) is 0. The summed E-state index contributed by atoms with van der Waals surface area (Å²) in [5.74, 6) is 0.524. The number of unbranched alkanes of at least 4 members (excludes halogenated alkanes) is 3. The first-order chi connectivity index (χ1) is 8.53.